The van der Waals surface area contributed by atoms with Gasteiger partial charge in [0, 0.05) is 23.3 Å². The minimum Gasteiger partial charge on any atom is -0.353 e. The number of pyridine rings is 1. The molecule has 18 heavy (non-hydrogen) atoms. The molecule has 0 saturated heterocycles. The van der Waals surface area contributed by atoms with Crippen molar-refractivity contribution in [3.8, 4) is 0 Å². The fraction of sp³-hybridized carbons (Fsp3) is 0.643. The molecule has 1 aliphatic rings. The first-order valence-electron chi connectivity index (χ1n) is 6.81. The van der Waals surface area contributed by atoms with Crippen molar-refractivity contribution in [1.29, 1.82) is 0 Å². The van der Waals surface area contributed by atoms with Crippen molar-refractivity contribution >= 4 is 21.7 Å². The van der Waals surface area contributed by atoms with Crippen LogP contribution in [0.4, 0.5) is 5.82 Å². The molecule has 1 saturated carbocycles. The third-order valence-electron chi connectivity index (χ3n) is 3.66. The second-order valence-corrected chi connectivity index (χ2v) is 5.98. The number of hydrogen-bond acceptors (Lipinski definition) is 3. The van der Waals surface area contributed by atoms with E-state index in [4.69, 9.17) is 5.73 Å². The third-order valence-corrected chi connectivity index (χ3v) is 4.09. The summed E-state index contributed by atoms with van der Waals surface area (Å²) in [6.07, 6.45) is 8.21. The van der Waals surface area contributed by atoms with Crippen LogP contribution in [0.2, 0.25) is 0 Å². The minimum absolute atomic E-state index is 0.656. The molecule has 0 aromatic carbocycles. The molecule has 2 rings (SSSR count). The topological polar surface area (TPSA) is 42.2 Å². The standard InChI is InChI=1S/C14H22BrN3/c1-11-9-12(15)10-17-14(11)18(8-4-7-16)13-5-2-3-6-13/h9-10,13H,2-8,16H2,1H3. The SMILES string of the molecule is Cc1cc(Br)cnc1N(CCCN)C1CCCC1. The number of rotatable bonds is 5. The molecule has 0 atom stereocenters. The van der Waals surface area contributed by atoms with E-state index in [1.54, 1.807) is 0 Å². The molecule has 3 nitrogen and oxygen atoms in total. The first kappa shape index (κ1) is 13.8. The maximum Gasteiger partial charge on any atom is 0.131 e. The monoisotopic (exact) mass is 311 g/mol. The van der Waals surface area contributed by atoms with E-state index in [0.717, 1.165) is 29.8 Å². The molecular formula is C14H22BrN3. The van der Waals surface area contributed by atoms with E-state index < -0.39 is 0 Å². The van der Waals surface area contributed by atoms with E-state index in [-0.39, 0.29) is 0 Å². The Morgan fingerprint density at radius 3 is 2.78 bits per heavy atom. The molecule has 1 fully saturated rings. The maximum absolute atomic E-state index is 5.66. The van der Waals surface area contributed by atoms with Crippen LogP contribution in [0.5, 0.6) is 0 Å². The maximum atomic E-state index is 5.66. The smallest absolute Gasteiger partial charge is 0.131 e. The molecule has 0 aliphatic heterocycles. The first-order valence-corrected chi connectivity index (χ1v) is 7.60. The lowest BCUT2D eigenvalue weighted by Crippen LogP contribution is -2.36. The van der Waals surface area contributed by atoms with Gasteiger partial charge < -0.3 is 10.6 Å². The van der Waals surface area contributed by atoms with Crippen molar-refractivity contribution in [2.75, 3.05) is 18.0 Å². The summed E-state index contributed by atoms with van der Waals surface area (Å²) < 4.78 is 1.05. The number of aryl methyl sites for hydroxylation is 1. The van der Waals surface area contributed by atoms with E-state index in [0.29, 0.717) is 6.04 Å². The second kappa shape index (κ2) is 6.53. The predicted molar refractivity (Wildman–Crippen MR) is 79.9 cm³/mol. The summed E-state index contributed by atoms with van der Waals surface area (Å²) in [6, 6.07) is 2.80. The molecule has 2 N–H and O–H groups in total. The van der Waals surface area contributed by atoms with E-state index in [1.165, 1.54) is 31.2 Å². The molecule has 0 amide bonds. The summed E-state index contributed by atoms with van der Waals surface area (Å²) in [5.41, 5.74) is 6.90. The predicted octanol–water partition coefficient (Wildman–Crippen LogP) is 3.25. The fourth-order valence-corrected chi connectivity index (χ4v) is 3.22. The van der Waals surface area contributed by atoms with E-state index in [9.17, 15) is 0 Å². The zero-order valence-electron chi connectivity index (χ0n) is 11.0. The van der Waals surface area contributed by atoms with Gasteiger partial charge in [-0.3, -0.25) is 0 Å². The van der Waals surface area contributed by atoms with Crippen LogP contribution in [0.15, 0.2) is 16.7 Å². The van der Waals surface area contributed by atoms with Crippen LogP contribution < -0.4 is 10.6 Å². The summed E-state index contributed by atoms with van der Waals surface area (Å²) in [7, 11) is 0. The van der Waals surface area contributed by atoms with Gasteiger partial charge in [-0.15, -0.1) is 0 Å². The Morgan fingerprint density at radius 2 is 2.17 bits per heavy atom. The summed E-state index contributed by atoms with van der Waals surface area (Å²) >= 11 is 3.48. The molecule has 0 radical (unpaired) electrons. The molecule has 0 bridgehead atoms. The van der Waals surface area contributed by atoms with Crippen molar-refractivity contribution < 1.29 is 0 Å². The average Bonchev–Trinajstić information content (AvgIpc) is 2.85. The largest absolute Gasteiger partial charge is 0.353 e. The number of nitrogens with zero attached hydrogens (tertiary/aromatic N) is 2. The van der Waals surface area contributed by atoms with Gasteiger partial charge in [0.1, 0.15) is 5.82 Å². The zero-order chi connectivity index (χ0) is 13.0. The van der Waals surface area contributed by atoms with Gasteiger partial charge in [-0.2, -0.15) is 0 Å². The Labute approximate surface area is 118 Å². The number of halogens is 1. The van der Waals surface area contributed by atoms with Crippen LogP contribution >= 0.6 is 15.9 Å². The highest BCUT2D eigenvalue weighted by atomic mass is 79.9. The van der Waals surface area contributed by atoms with Crippen molar-refractivity contribution in [2.45, 2.75) is 45.1 Å². The molecule has 1 aliphatic carbocycles. The average molecular weight is 312 g/mol. The van der Waals surface area contributed by atoms with Gasteiger partial charge in [-0.25, -0.2) is 4.98 Å². The fourth-order valence-electron chi connectivity index (χ4n) is 2.77. The summed E-state index contributed by atoms with van der Waals surface area (Å²) in [5.74, 6) is 1.14. The lowest BCUT2D eigenvalue weighted by Gasteiger charge is -2.31. The summed E-state index contributed by atoms with van der Waals surface area (Å²) in [6.45, 7) is 3.91. The quantitative estimate of drug-likeness (QED) is 0.907. The molecule has 0 unspecified atom stereocenters. The van der Waals surface area contributed by atoms with Crippen LogP contribution in [-0.2, 0) is 0 Å². The molecule has 1 aromatic heterocycles. The van der Waals surface area contributed by atoms with Crippen LogP contribution in [0, 0.1) is 6.92 Å². The molecule has 100 valence electrons. The second-order valence-electron chi connectivity index (χ2n) is 5.07. The van der Waals surface area contributed by atoms with Gasteiger partial charge in [0.25, 0.3) is 0 Å². The van der Waals surface area contributed by atoms with E-state index in [2.05, 4.69) is 38.8 Å². The van der Waals surface area contributed by atoms with E-state index >= 15 is 0 Å². The third kappa shape index (κ3) is 3.23. The van der Waals surface area contributed by atoms with Crippen molar-refractivity contribution in [1.82, 2.24) is 4.98 Å². The first-order chi connectivity index (χ1) is 8.72. The highest BCUT2D eigenvalue weighted by Gasteiger charge is 2.24. The van der Waals surface area contributed by atoms with Crippen molar-refractivity contribution in [3.05, 3.63) is 22.3 Å². The summed E-state index contributed by atoms with van der Waals surface area (Å²) in [4.78, 5) is 7.09. The molecule has 1 aromatic rings. The van der Waals surface area contributed by atoms with Crippen LogP contribution in [0.25, 0.3) is 0 Å². The summed E-state index contributed by atoms with van der Waals surface area (Å²) in [5, 5.41) is 0. The number of anilines is 1. The minimum atomic E-state index is 0.656. The lowest BCUT2D eigenvalue weighted by molar-refractivity contribution is 0.585. The van der Waals surface area contributed by atoms with Gasteiger partial charge in [0.05, 0.1) is 0 Å². The van der Waals surface area contributed by atoms with Crippen molar-refractivity contribution in [3.63, 3.8) is 0 Å². The van der Waals surface area contributed by atoms with Gasteiger partial charge in [-0.1, -0.05) is 12.8 Å². The van der Waals surface area contributed by atoms with E-state index in [1.807, 2.05) is 6.20 Å². The highest BCUT2D eigenvalue weighted by molar-refractivity contribution is 9.10. The molecule has 4 heteroatoms. The Bertz CT molecular complexity index is 389. The zero-order valence-corrected chi connectivity index (χ0v) is 12.6. The Balaban J connectivity index is 2.20. The van der Waals surface area contributed by atoms with Crippen LogP contribution in [0.3, 0.4) is 0 Å². The van der Waals surface area contributed by atoms with Gasteiger partial charge in [0.15, 0.2) is 0 Å². The van der Waals surface area contributed by atoms with Crippen molar-refractivity contribution in [2.24, 2.45) is 5.73 Å². The Morgan fingerprint density at radius 1 is 1.44 bits per heavy atom. The molecule has 1 heterocycles. The van der Waals surface area contributed by atoms with Gasteiger partial charge in [-0.05, 0) is 60.3 Å². The van der Waals surface area contributed by atoms with Gasteiger partial charge in [0.2, 0.25) is 0 Å². The normalized spacial score (nSPS) is 16.2. The van der Waals surface area contributed by atoms with Crippen LogP contribution in [0.1, 0.15) is 37.7 Å². The number of aromatic nitrogens is 1. The molecular weight excluding hydrogens is 290 g/mol. The number of nitrogens with two attached hydrogens (primary N) is 1. The number of hydrogen-bond donors (Lipinski definition) is 1. The Kier molecular flexibility index (Phi) is 5.01. The Hall–Kier alpha value is -0.610. The highest BCUT2D eigenvalue weighted by Crippen LogP contribution is 2.29. The lowest BCUT2D eigenvalue weighted by atomic mass is 10.1. The van der Waals surface area contributed by atoms with Gasteiger partial charge >= 0.3 is 0 Å². The molecule has 0 spiro atoms. The van der Waals surface area contributed by atoms with Crippen LogP contribution in [-0.4, -0.2) is 24.1 Å².